The molecule has 1 aromatic heterocycles. The van der Waals surface area contributed by atoms with Gasteiger partial charge >= 0.3 is 11.9 Å². The SMILES string of the molecule is O=c1cc(C(F)(F)F)[nH]c(=O)n1-c1cc(S)c(Cl)cc1F. The van der Waals surface area contributed by atoms with E-state index in [2.05, 4.69) is 12.6 Å². The van der Waals surface area contributed by atoms with Crippen LogP contribution in [0.1, 0.15) is 5.69 Å². The molecule has 1 aromatic carbocycles. The Labute approximate surface area is 124 Å². The first-order valence-corrected chi connectivity index (χ1v) is 6.05. The molecule has 0 spiro atoms. The third kappa shape index (κ3) is 2.98. The molecule has 0 saturated carbocycles. The van der Waals surface area contributed by atoms with Gasteiger partial charge in [0.15, 0.2) is 0 Å². The van der Waals surface area contributed by atoms with E-state index < -0.39 is 34.6 Å². The van der Waals surface area contributed by atoms with Gasteiger partial charge in [-0.1, -0.05) is 11.6 Å². The second-order valence-electron chi connectivity index (χ2n) is 3.91. The molecule has 0 unspecified atom stereocenters. The number of hydrogen-bond donors (Lipinski definition) is 2. The molecule has 0 saturated heterocycles. The molecule has 1 N–H and O–H groups in total. The van der Waals surface area contributed by atoms with E-state index in [0.717, 1.165) is 12.1 Å². The first-order chi connectivity index (χ1) is 9.61. The van der Waals surface area contributed by atoms with Crippen molar-refractivity contribution in [2.24, 2.45) is 0 Å². The molecule has 0 aliphatic carbocycles. The lowest BCUT2D eigenvalue weighted by molar-refractivity contribution is -0.141. The number of nitrogens with one attached hydrogen (secondary N) is 1. The van der Waals surface area contributed by atoms with E-state index in [9.17, 15) is 27.2 Å². The van der Waals surface area contributed by atoms with Crippen molar-refractivity contribution in [3.63, 3.8) is 0 Å². The van der Waals surface area contributed by atoms with Crippen LogP contribution >= 0.6 is 24.2 Å². The smallest absolute Gasteiger partial charge is 0.303 e. The number of thiol groups is 1. The summed E-state index contributed by atoms with van der Waals surface area (Å²) in [4.78, 5) is 24.8. The average molecular weight is 341 g/mol. The highest BCUT2D eigenvalue weighted by Crippen LogP contribution is 2.27. The molecule has 2 aromatic rings. The molecule has 0 amide bonds. The number of H-pyrrole nitrogens is 1. The predicted molar refractivity (Wildman–Crippen MR) is 69.9 cm³/mol. The van der Waals surface area contributed by atoms with E-state index in [4.69, 9.17) is 11.6 Å². The van der Waals surface area contributed by atoms with Crippen molar-refractivity contribution in [3.05, 3.63) is 55.6 Å². The van der Waals surface area contributed by atoms with Crippen molar-refractivity contribution in [3.8, 4) is 5.69 Å². The summed E-state index contributed by atoms with van der Waals surface area (Å²) in [5, 5.41) is -0.0732. The van der Waals surface area contributed by atoms with Crippen molar-refractivity contribution >= 4 is 24.2 Å². The molecule has 0 atom stereocenters. The molecular weight excluding hydrogens is 336 g/mol. The van der Waals surface area contributed by atoms with Gasteiger partial charge in [0.1, 0.15) is 11.5 Å². The molecular formula is C11H5ClF4N2O2S. The molecule has 4 nitrogen and oxygen atoms in total. The van der Waals surface area contributed by atoms with Gasteiger partial charge in [0.05, 0.1) is 10.7 Å². The van der Waals surface area contributed by atoms with Gasteiger partial charge in [-0.25, -0.2) is 13.8 Å². The number of alkyl halides is 3. The molecule has 0 fully saturated rings. The molecule has 21 heavy (non-hydrogen) atoms. The first-order valence-electron chi connectivity index (χ1n) is 5.23. The highest BCUT2D eigenvalue weighted by atomic mass is 35.5. The monoisotopic (exact) mass is 340 g/mol. The molecule has 0 aliphatic heterocycles. The molecule has 0 aliphatic rings. The highest BCUT2D eigenvalue weighted by molar-refractivity contribution is 7.80. The standard InChI is InChI=1S/C11H5ClF4N2O2S/c12-4-1-5(13)6(2-7(4)21)18-9(19)3-8(11(14,15)16)17-10(18)20/h1-3,21H,(H,17,20). The molecule has 2 rings (SSSR count). The van der Waals surface area contributed by atoms with Crippen LogP contribution in [0.15, 0.2) is 32.7 Å². The maximum Gasteiger partial charge on any atom is 0.431 e. The molecule has 0 radical (unpaired) electrons. The third-order valence-corrected chi connectivity index (χ3v) is 3.31. The summed E-state index contributed by atoms with van der Waals surface area (Å²) in [6.45, 7) is 0. The minimum Gasteiger partial charge on any atom is -0.303 e. The fourth-order valence-electron chi connectivity index (χ4n) is 1.57. The van der Waals surface area contributed by atoms with E-state index in [1.54, 1.807) is 0 Å². The Bertz CT molecular complexity index is 797. The van der Waals surface area contributed by atoms with Crippen LogP contribution in [0.25, 0.3) is 5.69 Å². The number of aromatic amines is 1. The van der Waals surface area contributed by atoms with Crippen LogP contribution in [0, 0.1) is 5.82 Å². The highest BCUT2D eigenvalue weighted by Gasteiger charge is 2.33. The van der Waals surface area contributed by atoms with Crippen LogP contribution < -0.4 is 11.2 Å². The van der Waals surface area contributed by atoms with Crippen molar-refractivity contribution in [1.29, 1.82) is 0 Å². The zero-order valence-electron chi connectivity index (χ0n) is 9.83. The van der Waals surface area contributed by atoms with Crippen LogP contribution in [0.4, 0.5) is 17.6 Å². The largest absolute Gasteiger partial charge is 0.431 e. The predicted octanol–water partition coefficient (Wildman–Crippen LogP) is 2.63. The summed E-state index contributed by atoms with van der Waals surface area (Å²) in [7, 11) is 0. The minimum absolute atomic E-state index is 0.0549. The molecule has 112 valence electrons. The van der Waals surface area contributed by atoms with Gasteiger partial charge in [0.25, 0.3) is 5.56 Å². The number of hydrogen-bond acceptors (Lipinski definition) is 3. The van der Waals surface area contributed by atoms with Gasteiger partial charge in [-0.3, -0.25) is 4.79 Å². The fourth-order valence-corrected chi connectivity index (χ4v) is 1.91. The van der Waals surface area contributed by atoms with E-state index in [1.165, 1.54) is 4.98 Å². The van der Waals surface area contributed by atoms with Crippen molar-refractivity contribution in [1.82, 2.24) is 9.55 Å². The second kappa shape index (κ2) is 5.23. The van der Waals surface area contributed by atoms with E-state index in [1.807, 2.05) is 0 Å². The summed E-state index contributed by atoms with van der Waals surface area (Å²) in [5.41, 5.74) is -4.83. The summed E-state index contributed by atoms with van der Waals surface area (Å²) in [5.74, 6) is -1.05. The zero-order valence-corrected chi connectivity index (χ0v) is 11.5. The second-order valence-corrected chi connectivity index (χ2v) is 4.80. The zero-order chi connectivity index (χ0) is 15.9. The summed E-state index contributed by atoms with van der Waals surface area (Å²) in [6.07, 6.45) is -4.90. The topological polar surface area (TPSA) is 54.9 Å². The van der Waals surface area contributed by atoms with Gasteiger partial charge in [-0.05, 0) is 12.1 Å². The lowest BCUT2D eigenvalue weighted by Gasteiger charge is -2.10. The Kier molecular flexibility index (Phi) is 3.89. The van der Waals surface area contributed by atoms with Crippen molar-refractivity contribution in [2.45, 2.75) is 11.1 Å². The van der Waals surface area contributed by atoms with Gasteiger partial charge in [-0.15, -0.1) is 12.6 Å². The van der Waals surface area contributed by atoms with Crippen LogP contribution in [-0.2, 0) is 6.18 Å². The van der Waals surface area contributed by atoms with E-state index in [-0.39, 0.29) is 20.6 Å². The minimum atomic E-state index is -4.90. The number of nitrogens with zero attached hydrogens (tertiary/aromatic N) is 1. The maximum absolute atomic E-state index is 13.8. The molecule has 0 bridgehead atoms. The Balaban J connectivity index is 2.75. The molecule has 1 heterocycles. The number of aromatic nitrogens is 2. The van der Waals surface area contributed by atoms with Gasteiger partial charge in [0.2, 0.25) is 0 Å². The van der Waals surface area contributed by atoms with Gasteiger partial charge in [0, 0.05) is 11.0 Å². The van der Waals surface area contributed by atoms with Crippen LogP contribution in [0.3, 0.4) is 0 Å². The molecule has 10 heteroatoms. The maximum atomic E-state index is 13.8. The Morgan fingerprint density at radius 1 is 1.19 bits per heavy atom. The number of benzene rings is 1. The lowest BCUT2D eigenvalue weighted by atomic mass is 10.3. The normalized spacial score (nSPS) is 11.7. The van der Waals surface area contributed by atoms with Gasteiger partial charge in [-0.2, -0.15) is 13.2 Å². The number of halogens is 5. The Morgan fingerprint density at radius 2 is 1.81 bits per heavy atom. The van der Waals surface area contributed by atoms with Crippen LogP contribution in [-0.4, -0.2) is 9.55 Å². The number of rotatable bonds is 1. The third-order valence-electron chi connectivity index (χ3n) is 2.50. The fraction of sp³-hybridized carbons (Fsp3) is 0.0909. The Morgan fingerprint density at radius 3 is 2.33 bits per heavy atom. The van der Waals surface area contributed by atoms with E-state index in [0.29, 0.717) is 0 Å². The summed E-state index contributed by atoms with van der Waals surface area (Å²) < 4.78 is 51.3. The Hall–Kier alpha value is -1.74. The summed E-state index contributed by atoms with van der Waals surface area (Å²) >= 11 is 9.49. The average Bonchev–Trinajstić information content (AvgIpc) is 2.33. The van der Waals surface area contributed by atoms with E-state index >= 15 is 0 Å². The quantitative estimate of drug-likeness (QED) is 0.619. The first kappa shape index (κ1) is 15.6. The lowest BCUT2D eigenvalue weighted by Crippen LogP contribution is -2.36. The summed E-state index contributed by atoms with van der Waals surface area (Å²) in [6, 6.07) is 1.92. The van der Waals surface area contributed by atoms with Crippen molar-refractivity contribution < 1.29 is 17.6 Å². The van der Waals surface area contributed by atoms with Crippen LogP contribution in [0.2, 0.25) is 5.02 Å². The van der Waals surface area contributed by atoms with Gasteiger partial charge < -0.3 is 4.98 Å². The van der Waals surface area contributed by atoms with Crippen molar-refractivity contribution in [2.75, 3.05) is 0 Å². The van der Waals surface area contributed by atoms with Crippen LogP contribution in [0.5, 0.6) is 0 Å².